The number of anilines is 2. The van der Waals surface area contributed by atoms with Gasteiger partial charge in [0.1, 0.15) is 0 Å². The van der Waals surface area contributed by atoms with Gasteiger partial charge in [-0.3, -0.25) is 14.4 Å². The van der Waals surface area contributed by atoms with Crippen molar-refractivity contribution in [3.05, 3.63) is 58.1 Å². The molecule has 0 radical (unpaired) electrons. The second kappa shape index (κ2) is 10.4. The molecule has 3 N–H and O–H groups in total. The summed E-state index contributed by atoms with van der Waals surface area (Å²) in [7, 11) is 0. The zero-order valence-corrected chi connectivity index (χ0v) is 16.8. The highest BCUT2D eigenvalue weighted by molar-refractivity contribution is 6.40. The zero-order chi connectivity index (χ0) is 21.4. The minimum Gasteiger partial charge on any atom is -0.462 e. The molecule has 0 fully saturated rings. The van der Waals surface area contributed by atoms with Crippen LogP contribution < -0.4 is 16.0 Å². The minimum atomic E-state index is -1.01. The first-order valence-electron chi connectivity index (χ1n) is 8.41. The lowest BCUT2D eigenvalue weighted by atomic mass is 10.2. The highest BCUT2D eigenvalue weighted by Crippen LogP contribution is 2.25. The van der Waals surface area contributed by atoms with Crippen molar-refractivity contribution in [3.8, 4) is 0 Å². The van der Waals surface area contributed by atoms with E-state index in [0.29, 0.717) is 16.3 Å². The van der Waals surface area contributed by atoms with Crippen LogP contribution in [0.1, 0.15) is 17.3 Å². The molecule has 152 valence electrons. The lowest BCUT2D eigenvalue weighted by Crippen LogP contribution is -2.39. The highest BCUT2D eigenvalue weighted by atomic mass is 35.5. The molecule has 2 rings (SSSR count). The molecule has 0 unspecified atom stereocenters. The van der Waals surface area contributed by atoms with E-state index >= 15 is 0 Å². The average Bonchev–Trinajstić information content (AvgIpc) is 2.69. The second-order valence-electron chi connectivity index (χ2n) is 5.61. The molecule has 0 saturated carbocycles. The largest absolute Gasteiger partial charge is 0.462 e. The molecule has 0 atom stereocenters. The standard InChI is InChI=1S/C19H17Cl2N3O5/c1-2-29-19(28)11-3-6-13(7-4-11)23-18(27)17(26)22-10-16(25)24-15-9-12(20)5-8-14(15)21/h3-9H,2,10H2,1H3,(H,22,26)(H,23,27)(H,24,25). The van der Waals surface area contributed by atoms with E-state index in [1.54, 1.807) is 13.0 Å². The van der Waals surface area contributed by atoms with E-state index in [-0.39, 0.29) is 17.3 Å². The van der Waals surface area contributed by atoms with Crippen molar-refractivity contribution < 1.29 is 23.9 Å². The minimum absolute atomic E-state index is 0.245. The molecule has 0 aliphatic carbocycles. The molecule has 0 aliphatic heterocycles. The number of carbonyl (C=O) groups excluding carboxylic acids is 4. The first-order valence-corrected chi connectivity index (χ1v) is 9.17. The molecule has 2 aromatic rings. The van der Waals surface area contributed by atoms with Crippen molar-refractivity contribution in [2.45, 2.75) is 6.92 Å². The van der Waals surface area contributed by atoms with Crippen LogP contribution in [0.5, 0.6) is 0 Å². The third-order valence-electron chi connectivity index (χ3n) is 3.47. The fraction of sp³-hybridized carbons (Fsp3) is 0.158. The van der Waals surface area contributed by atoms with Crippen LogP contribution in [-0.2, 0) is 19.1 Å². The Balaban J connectivity index is 1.84. The number of ether oxygens (including phenoxy) is 1. The summed E-state index contributed by atoms with van der Waals surface area (Å²) in [6.45, 7) is 1.49. The fourth-order valence-electron chi connectivity index (χ4n) is 2.12. The van der Waals surface area contributed by atoms with Gasteiger partial charge >= 0.3 is 17.8 Å². The molecule has 0 aliphatic rings. The Morgan fingerprint density at radius 1 is 0.931 bits per heavy atom. The lowest BCUT2D eigenvalue weighted by Gasteiger charge is -2.09. The number of hydrogen-bond acceptors (Lipinski definition) is 5. The maximum atomic E-state index is 11.9. The van der Waals surface area contributed by atoms with Crippen molar-refractivity contribution in [2.75, 3.05) is 23.8 Å². The smallest absolute Gasteiger partial charge is 0.338 e. The predicted molar refractivity (Wildman–Crippen MR) is 109 cm³/mol. The molecule has 0 bridgehead atoms. The molecule has 8 nitrogen and oxygen atoms in total. The predicted octanol–water partition coefficient (Wildman–Crippen LogP) is 2.86. The SMILES string of the molecule is CCOC(=O)c1ccc(NC(=O)C(=O)NCC(=O)Nc2cc(Cl)ccc2Cl)cc1. The van der Waals surface area contributed by atoms with Crippen molar-refractivity contribution in [3.63, 3.8) is 0 Å². The third-order valence-corrected chi connectivity index (χ3v) is 4.04. The summed E-state index contributed by atoms with van der Waals surface area (Å²) < 4.78 is 4.85. The maximum absolute atomic E-state index is 11.9. The van der Waals surface area contributed by atoms with E-state index in [1.807, 2.05) is 0 Å². The van der Waals surface area contributed by atoms with Gasteiger partial charge < -0.3 is 20.7 Å². The van der Waals surface area contributed by atoms with Crippen LogP contribution in [0, 0.1) is 0 Å². The van der Waals surface area contributed by atoms with E-state index in [0.717, 1.165) is 0 Å². The monoisotopic (exact) mass is 437 g/mol. The third kappa shape index (κ3) is 6.78. The van der Waals surface area contributed by atoms with E-state index in [2.05, 4.69) is 16.0 Å². The molecule has 3 amide bonds. The summed E-state index contributed by atoms with van der Waals surface area (Å²) in [6, 6.07) is 10.3. The van der Waals surface area contributed by atoms with Gasteiger partial charge in [-0.05, 0) is 49.4 Å². The topological polar surface area (TPSA) is 114 Å². The average molecular weight is 438 g/mol. The molecule has 0 saturated heterocycles. The highest BCUT2D eigenvalue weighted by Gasteiger charge is 2.16. The number of esters is 1. The summed E-state index contributed by atoms with van der Waals surface area (Å²) in [5.41, 5.74) is 0.892. The molecule has 0 aromatic heterocycles. The van der Waals surface area contributed by atoms with Crippen LogP contribution in [-0.4, -0.2) is 36.8 Å². The van der Waals surface area contributed by atoms with E-state index < -0.39 is 30.2 Å². The van der Waals surface area contributed by atoms with Gasteiger partial charge in [-0.15, -0.1) is 0 Å². The summed E-state index contributed by atoms with van der Waals surface area (Å²) in [6.07, 6.45) is 0. The summed E-state index contributed by atoms with van der Waals surface area (Å²) in [4.78, 5) is 47.3. The molecule has 0 spiro atoms. The van der Waals surface area contributed by atoms with Crippen LogP contribution in [0.3, 0.4) is 0 Å². The Morgan fingerprint density at radius 2 is 1.62 bits per heavy atom. The molecular formula is C19H17Cl2N3O5. The molecule has 2 aromatic carbocycles. The first kappa shape index (κ1) is 22.2. The molecular weight excluding hydrogens is 421 g/mol. The number of carbonyl (C=O) groups is 4. The Kier molecular flexibility index (Phi) is 7.99. The van der Waals surface area contributed by atoms with E-state index in [9.17, 15) is 19.2 Å². The first-order chi connectivity index (χ1) is 13.8. The van der Waals surface area contributed by atoms with Crippen molar-refractivity contribution in [2.24, 2.45) is 0 Å². The van der Waals surface area contributed by atoms with Gasteiger partial charge in [-0.25, -0.2) is 4.79 Å². The van der Waals surface area contributed by atoms with Crippen LogP contribution >= 0.6 is 23.2 Å². The van der Waals surface area contributed by atoms with Gasteiger partial charge in [0, 0.05) is 10.7 Å². The number of benzene rings is 2. The van der Waals surface area contributed by atoms with Crippen LogP contribution in [0.2, 0.25) is 10.0 Å². The van der Waals surface area contributed by atoms with Crippen molar-refractivity contribution in [1.82, 2.24) is 5.32 Å². The summed E-state index contributed by atoms with van der Waals surface area (Å²) >= 11 is 11.8. The van der Waals surface area contributed by atoms with Gasteiger partial charge in [0.2, 0.25) is 5.91 Å². The number of hydrogen-bond donors (Lipinski definition) is 3. The fourth-order valence-corrected chi connectivity index (χ4v) is 2.46. The van der Waals surface area contributed by atoms with Gasteiger partial charge in [-0.1, -0.05) is 23.2 Å². The maximum Gasteiger partial charge on any atom is 0.338 e. The number of amides is 3. The Bertz CT molecular complexity index is 932. The van der Waals surface area contributed by atoms with Gasteiger partial charge in [-0.2, -0.15) is 0 Å². The Labute approximate surface area is 176 Å². The van der Waals surface area contributed by atoms with Gasteiger partial charge in [0.05, 0.1) is 29.4 Å². The normalized spacial score (nSPS) is 10.0. The second-order valence-corrected chi connectivity index (χ2v) is 6.45. The number of halogens is 2. The van der Waals surface area contributed by atoms with Gasteiger partial charge in [0.15, 0.2) is 0 Å². The Morgan fingerprint density at radius 3 is 2.28 bits per heavy atom. The van der Waals surface area contributed by atoms with Crippen LogP contribution in [0.25, 0.3) is 0 Å². The number of rotatable bonds is 6. The lowest BCUT2D eigenvalue weighted by molar-refractivity contribution is -0.136. The van der Waals surface area contributed by atoms with E-state index in [1.165, 1.54) is 36.4 Å². The van der Waals surface area contributed by atoms with Gasteiger partial charge in [0.25, 0.3) is 0 Å². The van der Waals surface area contributed by atoms with Crippen LogP contribution in [0.4, 0.5) is 11.4 Å². The quantitative estimate of drug-likeness (QED) is 0.474. The van der Waals surface area contributed by atoms with Crippen molar-refractivity contribution >= 4 is 58.3 Å². The summed E-state index contributed by atoms with van der Waals surface area (Å²) in [5.74, 6) is -3.06. The Hall–Kier alpha value is -3.10. The molecule has 29 heavy (non-hydrogen) atoms. The molecule has 10 heteroatoms. The van der Waals surface area contributed by atoms with Crippen LogP contribution in [0.15, 0.2) is 42.5 Å². The number of nitrogens with one attached hydrogen (secondary N) is 3. The van der Waals surface area contributed by atoms with E-state index in [4.69, 9.17) is 27.9 Å². The summed E-state index contributed by atoms with van der Waals surface area (Å²) in [5, 5.41) is 7.68. The zero-order valence-electron chi connectivity index (χ0n) is 15.3. The molecule has 0 heterocycles. The van der Waals surface area contributed by atoms with Crippen molar-refractivity contribution in [1.29, 1.82) is 0 Å².